The van der Waals surface area contributed by atoms with Crippen molar-refractivity contribution in [2.45, 2.75) is 4.90 Å². The molecule has 0 saturated heterocycles. The summed E-state index contributed by atoms with van der Waals surface area (Å²) in [5.41, 5.74) is 2.26. The van der Waals surface area contributed by atoms with Gasteiger partial charge in [-0.15, -0.1) is 11.8 Å². The van der Waals surface area contributed by atoms with E-state index in [1.807, 2.05) is 60.9 Å². The molecular weight excluding hydrogens is 280 g/mol. The highest BCUT2D eigenvalue weighted by molar-refractivity contribution is 7.98. The lowest BCUT2D eigenvalue weighted by atomic mass is 10.1. The van der Waals surface area contributed by atoms with Gasteiger partial charge in [0.2, 0.25) is 0 Å². The first kappa shape index (κ1) is 13.6. The molecule has 3 nitrogen and oxygen atoms in total. The maximum atomic E-state index is 12.5. The minimum atomic E-state index is -0.119. The predicted molar refractivity (Wildman–Crippen MR) is 87.9 cm³/mol. The highest BCUT2D eigenvalue weighted by Gasteiger charge is 2.10. The Labute approximate surface area is 127 Å². The SMILES string of the molecule is CSc1cccc(NC(=O)c2cccc3ncccc23)c1. The summed E-state index contributed by atoms with van der Waals surface area (Å²) in [7, 11) is 0. The summed E-state index contributed by atoms with van der Waals surface area (Å²) in [6.07, 6.45) is 3.74. The molecule has 0 aliphatic heterocycles. The molecule has 0 bridgehead atoms. The number of fused-ring (bicyclic) bond motifs is 1. The van der Waals surface area contributed by atoms with Gasteiger partial charge < -0.3 is 5.32 Å². The first-order valence-electron chi connectivity index (χ1n) is 6.57. The van der Waals surface area contributed by atoms with Crippen LogP contribution in [-0.4, -0.2) is 17.1 Å². The van der Waals surface area contributed by atoms with Crippen LogP contribution >= 0.6 is 11.8 Å². The number of anilines is 1. The molecule has 1 amide bonds. The van der Waals surface area contributed by atoms with E-state index in [4.69, 9.17) is 0 Å². The first-order chi connectivity index (χ1) is 10.3. The largest absolute Gasteiger partial charge is 0.322 e. The van der Waals surface area contributed by atoms with Crippen molar-refractivity contribution in [1.29, 1.82) is 0 Å². The lowest BCUT2D eigenvalue weighted by molar-refractivity contribution is 0.102. The molecule has 0 aliphatic carbocycles. The van der Waals surface area contributed by atoms with Crippen molar-refractivity contribution in [2.75, 3.05) is 11.6 Å². The van der Waals surface area contributed by atoms with Crippen molar-refractivity contribution in [3.8, 4) is 0 Å². The molecule has 4 heteroatoms. The highest BCUT2D eigenvalue weighted by atomic mass is 32.2. The predicted octanol–water partition coefficient (Wildman–Crippen LogP) is 4.21. The van der Waals surface area contributed by atoms with Gasteiger partial charge in [0.05, 0.1) is 5.52 Å². The molecule has 1 aromatic heterocycles. The molecule has 104 valence electrons. The lowest BCUT2D eigenvalue weighted by Crippen LogP contribution is -2.12. The van der Waals surface area contributed by atoms with Gasteiger partial charge in [-0.25, -0.2) is 0 Å². The van der Waals surface area contributed by atoms with Crippen LogP contribution in [0.4, 0.5) is 5.69 Å². The Morgan fingerprint density at radius 1 is 1.10 bits per heavy atom. The van der Waals surface area contributed by atoms with Crippen molar-refractivity contribution in [2.24, 2.45) is 0 Å². The van der Waals surface area contributed by atoms with Crippen LogP contribution < -0.4 is 5.32 Å². The van der Waals surface area contributed by atoms with E-state index in [-0.39, 0.29) is 5.91 Å². The average Bonchev–Trinajstić information content (AvgIpc) is 2.54. The molecule has 0 unspecified atom stereocenters. The molecule has 0 atom stereocenters. The molecule has 21 heavy (non-hydrogen) atoms. The Bertz CT molecular complexity index is 796. The number of amides is 1. The zero-order chi connectivity index (χ0) is 14.7. The van der Waals surface area contributed by atoms with Crippen molar-refractivity contribution < 1.29 is 4.79 Å². The van der Waals surface area contributed by atoms with Crippen molar-refractivity contribution in [1.82, 2.24) is 4.98 Å². The smallest absolute Gasteiger partial charge is 0.256 e. The lowest BCUT2D eigenvalue weighted by Gasteiger charge is -2.08. The number of nitrogens with one attached hydrogen (secondary N) is 1. The zero-order valence-electron chi connectivity index (χ0n) is 11.5. The zero-order valence-corrected chi connectivity index (χ0v) is 12.4. The van der Waals surface area contributed by atoms with Gasteiger partial charge in [-0.05, 0) is 42.7 Å². The van der Waals surface area contributed by atoms with Gasteiger partial charge in [-0.1, -0.05) is 18.2 Å². The maximum absolute atomic E-state index is 12.5. The fraction of sp³-hybridized carbons (Fsp3) is 0.0588. The molecule has 0 fully saturated rings. The van der Waals surface area contributed by atoms with E-state index >= 15 is 0 Å². The Balaban J connectivity index is 1.93. The Morgan fingerprint density at radius 3 is 2.81 bits per heavy atom. The number of hydrogen-bond acceptors (Lipinski definition) is 3. The number of carbonyl (C=O) groups is 1. The summed E-state index contributed by atoms with van der Waals surface area (Å²) in [6.45, 7) is 0. The number of benzene rings is 2. The molecule has 0 saturated carbocycles. The van der Waals surface area contributed by atoms with E-state index in [1.165, 1.54) is 0 Å². The highest BCUT2D eigenvalue weighted by Crippen LogP contribution is 2.21. The molecule has 1 heterocycles. The first-order valence-corrected chi connectivity index (χ1v) is 7.79. The van der Waals surface area contributed by atoms with Crippen LogP contribution in [-0.2, 0) is 0 Å². The van der Waals surface area contributed by atoms with Crippen LogP contribution in [0.1, 0.15) is 10.4 Å². The number of nitrogens with zero attached hydrogens (tertiary/aromatic N) is 1. The van der Waals surface area contributed by atoms with Crippen molar-refractivity contribution in [3.05, 3.63) is 66.4 Å². The molecule has 2 aromatic carbocycles. The van der Waals surface area contributed by atoms with Crippen LogP contribution in [0.25, 0.3) is 10.9 Å². The Kier molecular flexibility index (Phi) is 3.88. The van der Waals surface area contributed by atoms with E-state index in [1.54, 1.807) is 18.0 Å². The molecule has 0 aliphatic rings. The van der Waals surface area contributed by atoms with Gasteiger partial charge in [0, 0.05) is 27.7 Å². The van der Waals surface area contributed by atoms with E-state index in [9.17, 15) is 4.79 Å². The summed E-state index contributed by atoms with van der Waals surface area (Å²) in [5, 5.41) is 3.80. The molecule has 1 N–H and O–H groups in total. The fourth-order valence-electron chi connectivity index (χ4n) is 2.20. The number of pyridine rings is 1. The standard InChI is InChI=1S/C17H14N2OS/c1-21-13-6-2-5-12(11-13)19-17(20)15-7-3-9-16-14(15)8-4-10-18-16/h2-11H,1H3,(H,19,20). The van der Waals surface area contributed by atoms with Crippen LogP contribution in [0, 0.1) is 0 Å². The quantitative estimate of drug-likeness (QED) is 0.736. The minimum absolute atomic E-state index is 0.119. The van der Waals surface area contributed by atoms with Crippen LogP contribution in [0.3, 0.4) is 0 Å². The molecule has 3 aromatic rings. The molecule has 0 radical (unpaired) electrons. The average molecular weight is 294 g/mol. The van der Waals surface area contributed by atoms with Gasteiger partial charge >= 0.3 is 0 Å². The second kappa shape index (κ2) is 5.97. The monoisotopic (exact) mass is 294 g/mol. The van der Waals surface area contributed by atoms with E-state index in [0.717, 1.165) is 21.5 Å². The second-order valence-electron chi connectivity index (χ2n) is 4.56. The van der Waals surface area contributed by atoms with Crippen LogP contribution in [0.15, 0.2) is 65.7 Å². The molecule has 0 spiro atoms. The number of rotatable bonds is 3. The molecular formula is C17H14N2OS. The third-order valence-electron chi connectivity index (χ3n) is 3.22. The summed E-state index contributed by atoms with van der Waals surface area (Å²) >= 11 is 1.65. The Hall–Kier alpha value is -2.33. The summed E-state index contributed by atoms with van der Waals surface area (Å²) in [6, 6.07) is 17.1. The van der Waals surface area contributed by atoms with Crippen LogP contribution in [0.2, 0.25) is 0 Å². The summed E-state index contributed by atoms with van der Waals surface area (Å²) < 4.78 is 0. The normalized spacial score (nSPS) is 10.5. The maximum Gasteiger partial charge on any atom is 0.256 e. The van der Waals surface area contributed by atoms with Gasteiger partial charge in [-0.2, -0.15) is 0 Å². The van der Waals surface area contributed by atoms with E-state index in [2.05, 4.69) is 10.3 Å². The van der Waals surface area contributed by atoms with E-state index < -0.39 is 0 Å². The van der Waals surface area contributed by atoms with Gasteiger partial charge in [0.1, 0.15) is 0 Å². The third kappa shape index (κ3) is 2.90. The number of aromatic nitrogens is 1. The minimum Gasteiger partial charge on any atom is -0.322 e. The van der Waals surface area contributed by atoms with Crippen molar-refractivity contribution in [3.63, 3.8) is 0 Å². The molecule has 3 rings (SSSR count). The second-order valence-corrected chi connectivity index (χ2v) is 5.44. The van der Waals surface area contributed by atoms with Gasteiger partial charge in [0.25, 0.3) is 5.91 Å². The summed E-state index contributed by atoms with van der Waals surface area (Å²) in [4.78, 5) is 17.9. The van der Waals surface area contributed by atoms with Crippen LogP contribution in [0.5, 0.6) is 0 Å². The van der Waals surface area contributed by atoms with E-state index in [0.29, 0.717) is 5.56 Å². The number of thioether (sulfide) groups is 1. The van der Waals surface area contributed by atoms with Gasteiger partial charge in [0.15, 0.2) is 0 Å². The third-order valence-corrected chi connectivity index (χ3v) is 3.94. The fourth-order valence-corrected chi connectivity index (χ4v) is 2.66. The number of carbonyl (C=O) groups excluding carboxylic acids is 1. The van der Waals surface area contributed by atoms with Crippen molar-refractivity contribution >= 4 is 34.3 Å². The van der Waals surface area contributed by atoms with Gasteiger partial charge in [-0.3, -0.25) is 9.78 Å². The topological polar surface area (TPSA) is 42.0 Å². The summed E-state index contributed by atoms with van der Waals surface area (Å²) in [5.74, 6) is -0.119. The Morgan fingerprint density at radius 2 is 1.95 bits per heavy atom. The number of hydrogen-bond donors (Lipinski definition) is 1.